The van der Waals surface area contributed by atoms with Gasteiger partial charge in [0, 0.05) is 28.2 Å². The number of nitrogens with one attached hydrogen (secondary N) is 2. The zero-order valence-corrected chi connectivity index (χ0v) is 39.2. The third kappa shape index (κ3) is 8.83. The van der Waals surface area contributed by atoms with Gasteiger partial charge in [0.05, 0.1) is 0 Å². The number of anilines is 1. The topological polar surface area (TPSA) is 167 Å². The first-order valence-corrected chi connectivity index (χ1v) is 24.3. The first-order chi connectivity index (χ1) is 34.2. The number of benzene rings is 6. The number of amides is 2. The molecule has 13 nitrogen and oxygen atoms in total. The first-order valence-electron chi connectivity index (χ1n) is 22.4. The molecule has 10 rings (SSSR count). The highest BCUT2D eigenvalue weighted by Crippen LogP contribution is 2.43. The molecular weight excluding hydrogens is 921 g/mol. The number of esters is 1. The number of nitrogens with zero attached hydrogens (tertiary/aromatic N) is 4. The highest BCUT2D eigenvalue weighted by atomic mass is 32.2. The summed E-state index contributed by atoms with van der Waals surface area (Å²) < 4.78 is 8.23. The maximum absolute atomic E-state index is 14.8. The van der Waals surface area contributed by atoms with Crippen LogP contribution in [0.3, 0.4) is 0 Å². The monoisotopic (exact) mass is 965 g/mol. The van der Waals surface area contributed by atoms with Crippen molar-refractivity contribution in [2.45, 2.75) is 29.6 Å². The van der Waals surface area contributed by atoms with Gasteiger partial charge in [0.1, 0.15) is 35.5 Å². The number of oxime groups is 1. The molecule has 6 aromatic carbocycles. The van der Waals surface area contributed by atoms with Crippen molar-refractivity contribution in [1.82, 2.24) is 15.2 Å². The number of carbonyl (C=O) groups is 3. The number of hydrogen-bond donors (Lipinski definition) is 4. The lowest BCUT2D eigenvalue weighted by molar-refractivity contribution is -0.687. The summed E-state index contributed by atoms with van der Waals surface area (Å²) >= 11 is 2.70. The normalized spacial score (nSPS) is 15.8. The van der Waals surface area contributed by atoms with Crippen LogP contribution in [-0.4, -0.2) is 67.9 Å². The molecule has 2 aromatic heterocycles. The van der Waals surface area contributed by atoms with Crippen molar-refractivity contribution in [2.75, 3.05) is 18.2 Å². The number of β-lactam (4-membered cyclic amide) rings is 1. The van der Waals surface area contributed by atoms with Crippen LogP contribution in [0, 0.1) is 0 Å². The van der Waals surface area contributed by atoms with Crippen LogP contribution < -0.4 is 15.2 Å². The molecule has 0 saturated carbocycles. The van der Waals surface area contributed by atoms with E-state index in [9.17, 15) is 24.6 Å². The Hall–Kier alpha value is -8.27. The van der Waals surface area contributed by atoms with Crippen molar-refractivity contribution in [2.24, 2.45) is 5.16 Å². The van der Waals surface area contributed by atoms with Crippen LogP contribution >= 0.6 is 23.1 Å². The van der Waals surface area contributed by atoms with Gasteiger partial charge in [-0.2, -0.15) is 0 Å². The van der Waals surface area contributed by atoms with E-state index < -0.39 is 40.8 Å². The molecule has 2 amide bonds. The third-order valence-electron chi connectivity index (χ3n) is 12.3. The summed E-state index contributed by atoms with van der Waals surface area (Å²) in [6.07, 6.45) is 2.79. The van der Waals surface area contributed by atoms with Crippen LogP contribution in [0.25, 0.3) is 10.8 Å². The van der Waals surface area contributed by atoms with E-state index in [1.165, 1.54) is 47.2 Å². The molecule has 1 unspecified atom stereocenters. The van der Waals surface area contributed by atoms with Crippen molar-refractivity contribution in [3.05, 3.63) is 232 Å². The van der Waals surface area contributed by atoms with Gasteiger partial charge < -0.3 is 30.4 Å². The van der Waals surface area contributed by atoms with Crippen molar-refractivity contribution in [3.63, 3.8) is 0 Å². The van der Waals surface area contributed by atoms with E-state index in [2.05, 4.69) is 52.2 Å². The van der Waals surface area contributed by atoms with E-state index in [4.69, 9.17) is 14.6 Å². The van der Waals surface area contributed by atoms with Crippen LogP contribution in [0.1, 0.15) is 39.6 Å². The molecule has 1 saturated heterocycles. The molecule has 8 aromatic rings. The molecule has 0 spiro atoms. The number of hydrogen-bond acceptors (Lipinski definition) is 12. The fourth-order valence-corrected chi connectivity index (χ4v) is 11.1. The van der Waals surface area contributed by atoms with Crippen LogP contribution in [-0.2, 0) is 36.0 Å². The minimum atomic E-state index is -1.04. The summed E-state index contributed by atoms with van der Waals surface area (Å²) in [5, 5.41) is 34.0. The minimum absolute atomic E-state index is 0.0805. The second-order valence-electron chi connectivity index (χ2n) is 16.6. The fourth-order valence-electron chi connectivity index (χ4n) is 9.01. The van der Waals surface area contributed by atoms with Gasteiger partial charge in [-0.15, -0.1) is 23.1 Å². The number of thioether (sulfide) groups is 1. The molecular formula is C55H45N6O7S2+. The van der Waals surface area contributed by atoms with Crippen LogP contribution in [0.4, 0.5) is 5.13 Å². The van der Waals surface area contributed by atoms with Gasteiger partial charge in [-0.3, -0.25) is 14.5 Å². The summed E-state index contributed by atoms with van der Waals surface area (Å²) in [5.41, 5.74) is 4.30. The van der Waals surface area contributed by atoms with E-state index in [1.54, 1.807) is 23.8 Å². The third-order valence-corrected chi connectivity index (χ3v) is 14.4. The van der Waals surface area contributed by atoms with Crippen LogP contribution in [0.2, 0.25) is 0 Å². The van der Waals surface area contributed by atoms with E-state index in [0.29, 0.717) is 27.2 Å². The number of phenolic OH excluding ortho intramolecular Hbond substituents is 2. The lowest BCUT2D eigenvalue weighted by Gasteiger charge is -2.49. The predicted molar refractivity (Wildman–Crippen MR) is 269 cm³/mol. The molecule has 0 aliphatic carbocycles. The first kappa shape index (κ1) is 45.5. The number of aromatic hydroxyl groups is 2. The van der Waals surface area contributed by atoms with Crippen molar-refractivity contribution in [1.29, 1.82) is 0 Å². The number of aromatic nitrogens is 2. The molecule has 1 fully saturated rings. The average Bonchev–Trinajstić information content (AvgIpc) is 3.87. The maximum atomic E-state index is 14.8. The van der Waals surface area contributed by atoms with Gasteiger partial charge in [0.25, 0.3) is 11.8 Å². The van der Waals surface area contributed by atoms with Crippen molar-refractivity contribution >= 4 is 62.5 Å². The van der Waals surface area contributed by atoms with Gasteiger partial charge in [0.15, 0.2) is 47.4 Å². The zero-order chi connectivity index (χ0) is 48.2. The summed E-state index contributed by atoms with van der Waals surface area (Å²) in [6.45, 7) is 0.189. The van der Waals surface area contributed by atoms with Gasteiger partial charge in [-0.25, -0.2) is 14.3 Å². The van der Waals surface area contributed by atoms with Gasteiger partial charge in [-0.05, 0) is 45.3 Å². The number of thiazole rings is 1. The van der Waals surface area contributed by atoms with Crippen LogP contribution in [0.5, 0.6) is 11.5 Å². The molecule has 4 N–H and O–H groups in total. The molecule has 0 radical (unpaired) electrons. The predicted octanol–water partition coefficient (Wildman–Crippen LogP) is 8.44. The Morgan fingerprint density at radius 2 is 1.34 bits per heavy atom. The van der Waals surface area contributed by atoms with E-state index in [0.717, 1.165) is 27.8 Å². The van der Waals surface area contributed by atoms with E-state index in [-0.39, 0.29) is 35.1 Å². The zero-order valence-electron chi connectivity index (χ0n) is 37.6. The Morgan fingerprint density at radius 1 is 0.800 bits per heavy atom. The van der Waals surface area contributed by atoms with Crippen molar-refractivity contribution in [3.8, 4) is 11.5 Å². The Morgan fingerprint density at radius 3 is 1.90 bits per heavy atom. The molecule has 4 heterocycles. The summed E-state index contributed by atoms with van der Waals surface area (Å²) in [5.74, 6) is -2.10. The number of phenols is 2. The van der Waals surface area contributed by atoms with Crippen molar-refractivity contribution < 1.29 is 38.7 Å². The van der Waals surface area contributed by atoms with Gasteiger partial charge in [-0.1, -0.05) is 157 Å². The smallest absolute Gasteiger partial charge is 0.356 e. The Bertz CT molecular complexity index is 3130. The number of carbonyl (C=O) groups excluding carboxylic acids is 3. The maximum Gasteiger partial charge on any atom is 0.356 e. The second-order valence-corrected chi connectivity index (χ2v) is 18.6. The number of rotatable bonds is 15. The molecule has 2 aliphatic heterocycles. The van der Waals surface area contributed by atoms with E-state index >= 15 is 0 Å². The quantitative estimate of drug-likeness (QED) is 0.0149. The molecule has 2 atom stereocenters. The summed E-state index contributed by atoms with van der Waals surface area (Å²) in [7, 11) is 1.33. The lowest BCUT2D eigenvalue weighted by Crippen LogP contribution is -2.71. The molecule has 15 heteroatoms. The number of ether oxygens (including phenoxy) is 1. The highest BCUT2D eigenvalue weighted by Gasteiger charge is 2.55. The standard InChI is InChI=1S/C55H44N6O7S2/c1-67-59-46(43-34-70-54(56-43)58-55(40-21-11-4-12-22-40,41-23-13-5-14-24-41)42-25-15-6-16-26-42)50(64)57-47-51(65)61-48(53(66)68-49(35-17-7-2-8-18-35)36-19-9-3-10-20-36)39(33-69-52(47)61)32-60-28-27-37-29-44(62)45(63)30-38(37)31-60/h2-31,34,47,49,52H,32-33H2,1H3,(H3,56,57,58,63,64)/p+1/t47?,52-/m1/s1. The van der Waals surface area contributed by atoms with E-state index in [1.807, 2.05) is 120 Å². The largest absolute Gasteiger partial charge is 0.504 e. The lowest BCUT2D eigenvalue weighted by atomic mass is 9.77. The molecule has 348 valence electrons. The second kappa shape index (κ2) is 19.8. The molecule has 70 heavy (non-hydrogen) atoms. The van der Waals surface area contributed by atoms with Crippen LogP contribution in [0.15, 0.2) is 204 Å². The highest BCUT2D eigenvalue weighted by molar-refractivity contribution is 8.00. The fraction of sp³-hybridized carbons (Fsp3) is 0.127. The summed E-state index contributed by atoms with van der Waals surface area (Å²) in [4.78, 5) is 55.1. The molecule has 2 aliphatic rings. The molecule has 0 bridgehead atoms. The number of pyridine rings is 1. The average molecular weight is 966 g/mol. The van der Waals surface area contributed by atoms with Gasteiger partial charge in [0.2, 0.25) is 0 Å². The number of fused-ring (bicyclic) bond motifs is 2. The SMILES string of the molecule is CON=C(C(=O)NC1C(=O)N2C(C(=O)OC(c3ccccc3)c3ccccc3)=C(C[n+]3ccc4cc(O)c(O)cc4c3)CS[C@H]12)c1csc(NC(c2ccccc2)(c2ccccc2)c2ccccc2)n1. The Labute approximate surface area is 411 Å². The minimum Gasteiger partial charge on any atom is -0.504 e. The Balaban J connectivity index is 0.944. The van der Waals surface area contributed by atoms with Gasteiger partial charge >= 0.3 is 5.97 Å². The summed E-state index contributed by atoms with van der Waals surface area (Å²) in [6, 6.07) is 52.7. The Kier molecular flexibility index (Phi) is 12.8.